The first-order chi connectivity index (χ1) is 6.25. The second-order valence-electron chi connectivity index (χ2n) is 2.14. The highest BCUT2D eigenvalue weighted by Crippen LogP contribution is 2.12. The summed E-state index contributed by atoms with van der Waals surface area (Å²) in [5.41, 5.74) is 0.0231. The van der Waals surface area contributed by atoms with Gasteiger partial charge < -0.3 is 0 Å². The zero-order valence-corrected chi connectivity index (χ0v) is 8.14. The molecule has 0 bridgehead atoms. The molecular formula is C11H14F2. The summed E-state index contributed by atoms with van der Waals surface area (Å²) in [5.74, 6) is -1.05. The third kappa shape index (κ3) is 3.36. The Bertz CT molecular complexity index is 257. The van der Waals surface area contributed by atoms with Gasteiger partial charge in [0.05, 0.1) is 0 Å². The maximum atomic E-state index is 12.7. The van der Waals surface area contributed by atoms with E-state index < -0.39 is 11.6 Å². The molecule has 0 nitrogen and oxygen atoms in total. The molecule has 1 aromatic rings. The van der Waals surface area contributed by atoms with Crippen LogP contribution in [0.3, 0.4) is 0 Å². The molecule has 0 aliphatic carbocycles. The van der Waals surface area contributed by atoms with Gasteiger partial charge >= 0.3 is 0 Å². The molecule has 72 valence electrons. The fourth-order valence-corrected chi connectivity index (χ4v) is 0.837. The van der Waals surface area contributed by atoms with Crippen LogP contribution < -0.4 is 0 Å². The molecule has 0 aliphatic heterocycles. The van der Waals surface area contributed by atoms with Crippen molar-refractivity contribution in [3.63, 3.8) is 0 Å². The van der Waals surface area contributed by atoms with Crippen LogP contribution in [0.25, 0.3) is 6.08 Å². The molecule has 0 spiro atoms. The number of halogens is 2. The van der Waals surface area contributed by atoms with Crippen molar-refractivity contribution in [2.24, 2.45) is 0 Å². The Hall–Kier alpha value is -1.18. The largest absolute Gasteiger partial charge is 0.206 e. The SMILES string of the molecule is C/C=C/c1c(F)cccc1F.CC. The Kier molecular flexibility index (Phi) is 5.77. The summed E-state index contributed by atoms with van der Waals surface area (Å²) >= 11 is 0. The van der Waals surface area contributed by atoms with Crippen LogP contribution in [0.4, 0.5) is 8.78 Å². The van der Waals surface area contributed by atoms with Crippen molar-refractivity contribution in [2.45, 2.75) is 20.8 Å². The lowest BCUT2D eigenvalue weighted by atomic mass is 10.2. The Morgan fingerprint density at radius 2 is 1.54 bits per heavy atom. The van der Waals surface area contributed by atoms with Crippen molar-refractivity contribution >= 4 is 6.08 Å². The minimum atomic E-state index is -0.525. The van der Waals surface area contributed by atoms with E-state index in [1.807, 2.05) is 13.8 Å². The first-order valence-electron chi connectivity index (χ1n) is 4.32. The molecule has 13 heavy (non-hydrogen) atoms. The van der Waals surface area contributed by atoms with Crippen LogP contribution in [0.5, 0.6) is 0 Å². The summed E-state index contributed by atoms with van der Waals surface area (Å²) in [7, 11) is 0. The molecule has 0 N–H and O–H groups in total. The Labute approximate surface area is 77.9 Å². The number of rotatable bonds is 1. The third-order valence-electron chi connectivity index (χ3n) is 1.33. The van der Waals surface area contributed by atoms with E-state index in [0.717, 1.165) is 0 Å². The van der Waals surface area contributed by atoms with Gasteiger partial charge in [-0.2, -0.15) is 0 Å². The predicted octanol–water partition coefficient (Wildman–Crippen LogP) is 4.02. The molecule has 0 heterocycles. The summed E-state index contributed by atoms with van der Waals surface area (Å²) in [6.07, 6.45) is 3.01. The summed E-state index contributed by atoms with van der Waals surface area (Å²) < 4.78 is 25.5. The number of benzene rings is 1. The third-order valence-corrected chi connectivity index (χ3v) is 1.33. The Morgan fingerprint density at radius 1 is 1.08 bits per heavy atom. The molecule has 0 atom stereocenters. The zero-order chi connectivity index (χ0) is 10.3. The highest BCUT2D eigenvalue weighted by molar-refractivity contribution is 5.50. The maximum Gasteiger partial charge on any atom is 0.133 e. The second kappa shape index (κ2) is 6.35. The summed E-state index contributed by atoms with van der Waals surface area (Å²) in [6, 6.07) is 3.81. The lowest BCUT2D eigenvalue weighted by Crippen LogP contribution is -1.86. The van der Waals surface area contributed by atoms with Gasteiger partial charge in [-0.1, -0.05) is 32.1 Å². The van der Waals surface area contributed by atoms with Gasteiger partial charge in [-0.25, -0.2) is 8.78 Å². The fraction of sp³-hybridized carbons (Fsp3) is 0.273. The molecule has 1 rings (SSSR count). The van der Waals surface area contributed by atoms with E-state index in [0.29, 0.717) is 0 Å². The number of hydrogen-bond acceptors (Lipinski definition) is 0. The molecule has 0 amide bonds. The zero-order valence-electron chi connectivity index (χ0n) is 8.14. The molecule has 0 saturated carbocycles. The first-order valence-corrected chi connectivity index (χ1v) is 4.32. The standard InChI is InChI=1S/C9H8F2.C2H6/c1-2-4-7-8(10)5-3-6-9(7)11;1-2/h2-6H,1H3;1-2H3/b4-2+;. The quantitative estimate of drug-likeness (QED) is 0.618. The molecule has 0 unspecified atom stereocenters. The predicted molar refractivity (Wildman–Crippen MR) is 52.4 cm³/mol. The van der Waals surface area contributed by atoms with Gasteiger partial charge in [0, 0.05) is 5.56 Å². The fourth-order valence-electron chi connectivity index (χ4n) is 0.837. The van der Waals surface area contributed by atoms with Gasteiger partial charge in [0.2, 0.25) is 0 Å². The van der Waals surface area contributed by atoms with E-state index in [1.54, 1.807) is 13.0 Å². The van der Waals surface area contributed by atoms with E-state index in [4.69, 9.17) is 0 Å². The molecule has 0 fully saturated rings. The van der Waals surface area contributed by atoms with Gasteiger partial charge in [0.15, 0.2) is 0 Å². The van der Waals surface area contributed by atoms with Crippen LogP contribution in [0.15, 0.2) is 24.3 Å². The first kappa shape index (κ1) is 11.8. The average Bonchev–Trinajstić information content (AvgIpc) is 2.15. The molecule has 0 aromatic heterocycles. The minimum Gasteiger partial charge on any atom is -0.206 e. The molecule has 0 aliphatic rings. The normalized spacial score (nSPS) is 9.62. The van der Waals surface area contributed by atoms with Gasteiger partial charge in [-0.15, -0.1) is 0 Å². The summed E-state index contributed by atoms with van der Waals surface area (Å²) in [4.78, 5) is 0. The van der Waals surface area contributed by atoms with Crippen LogP contribution in [-0.4, -0.2) is 0 Å². The average molecular weight is 184 g/mol. The molecule has 2 heteroatoms. The van der Waals surface area contributed by atoms with E-state index in [2.05, 4.69) is 0 Å². The van der Waals surface area contributed by atoms with Crippen LogP contribution >= 0.6 is 0 Å². The van der Waals surface area contributed by atoms with Gasteiger partial charge in [0.25, 0.3) is 0 Å². The van der Waals surface area contributed by atoms with Gasteiger partial charge in [-0.05, 0) is 19.1 Å². The smallest absolute Gasteiger partial charge is 0.133 e. The Morgan fingerprint density at radius 3 is 1.92 bits per heavy atom. The summed E-state index contributed by atoms with van der Waals surface area (Å²) in [5, 5.41) is 0. The highest BCUT2D eigenvalue weighted by atomic mass is 19.1. The van der Waals surface area contributed by atoms with Crippen LogP contribution in [0.2, 0.25) is 0 Å². The second-order valence-corrected chi connectivity index (χ2v) is 2.14. The van der Waals surface area contributed by atoms with Crippen LogP contribution in [0, 0.1) is 11.6 Å². The highest BCUT2D eigenvalue weighted by Gasteiger charge is 2.02. The van der Waals surface area contributed by atoms with Crippen molar-refractivity contribution in [1.29, 1.82) is 0 Å². The molecule has 0 radical (unpaired) electrons. The van der Waals surface area contributed by atoms with Crippen molar-refractivity contribution in [3.8, 4) is 0 Å². The lowest BCUT2D eigenvalue weighted by molar-refractivity contribution is 0.578. The monoisotopic (exact) mass is 184 g/mol. The molecule has 1 aromatic carbocycles. The van der Waals surface area contributed by atoms with Crippen molar-refractivity contribution < 1.29 is 8.78 Å². The van der Waals surface area contributed by atoms with Gasteiger partial charge in [-0.3, -0.25) is 0 Å². The summed E-state index contributed by atoms with van der Waals surface area (Å²) in [6.45, 7) is 5.71. The minimum absolute atomic E-state index is 0.0231. The topological polar surface area (TPSA) is 0 Å². The number of allylic oxidation sites excluding steroid dienone is 1. The molecular weight excluding hydrogens is 170 g/mol. The van der Waals surface area contributed by atoms with Crippen molar-refractivity contribution in [3.05, 3.63) is 41.5 Å². The maximum absolute atomic E-state index is 12.7. The Balaban J connectivity index is 0.000000671. The van der Waals surface area contributed by atoms with E-state index in [9.17, 15) is 8.78 Å². The van der Waals surface area contributed by atoms with E-state index >= 15 is 0 Å². The number of hydrogen-bond donors (Lipinski definition) is 0. The van der Waals surface area contributed by atoms with Gasteiger partial charge in [0.1, 0.15) is 11.6 Å². The van der Waals surface area contributed by atoms with Crippen molar-refractivity contribution in [2.75, 3.05) is 0 Å². The van der Waals surface area contributed by atoms with E-state index in [-0.39, 0.29) is 5.56 Å². The van der Waals surface area contributed by atoms with Crippen LogP contribution in [0.1, 0.15) is 26.3 Å². The van der Waals surface area contributed by atoms with Crippen LogP contribution in [-0.2, 0) is 0 Å². The van der Waals surface area contributed by atoms with Crippen molar-refractivity contribution in [1.82, 2.24) is 0 Å². The molecule has 0 saturated heterocycles. The van der Waals surface area contributed by atoms with E-state index in [1.165, 1.54) is 24.3 Å². The lowest BCUT2D eigenvalue weighted by Gasteiger charge is -1.96.